The van der Waals surface area contributed by atoms with Crippen molar-refractivity contribution in [1.82, 2.24) is 14.7 Å². The summed E-state index contributed by atoms with van der Waals surface area (Å²) in [5.74, 6) is -0.334. The number of halogens is 2. The van der Waals surface area contributed by atoms with Crippen LogP contribution in [0.15, 0.2) is 24.3 Å². The molecular formula is C18H19Cl2N3O3. The van der Waals surface area contributed by atoms with E-state index in [9.17, 15) is 9.59 Å². The lowest BCUT2D eigenvalue weighted by Crippen LogP contribution is -2.31. The van der Waals surface area contributed by atoms with E-state index in [2.05, 4.69) is 5.10 Å². The number of alkyl halides is 1. The summed E-state index contributed by atoms with van der Waals surface area (Å²) in [6.07, 6.45) is 0.330. The first-order valence-corrected chi connectivity index (χ1v) is 9.21. The lowest BCUT2D eigenvalue weighted by atomic mass is 10.1. The van der Waals surface area contributed by atoms with E-state index in [0.29, 0.717) is 30.4 Å². The molecule has 0 saturated carbocycles. The average Bonchev–Trinajstić information content (AvgIpc) is 2.89. The van der Waals surface area contributed by atoms with Crippen LogP contribution in [0.2, 0.25) is 5.02 Å². The lowest BCUT2D eigenvalue weighted by molar-refractivity contribution is 0.0942. The van der Waals surface area contributed by atoms with Crippen molar-refractivity contribution < 1.29 is 14.3 Å². The smallest absolute Gasteiger partial charge is 0.410 e. The number of amides is 1. The minimum atomic E-state index is -0.400. The Balaban J connectivity index is 1.66. The van der Waals surface area contributed by atoms with Crippen LogP contribution in [0.4, 0.5) is 4.79 Å². The summed E-state index contributed by atoms with van der Waals surface area (Å²) in [6, 6.07) is 7.25. The first-order chi connectivity index (χ1) is 12.5. The summed E-state index contributed by atoms with van der Waals surface area (Å²) >= 11 is 11.6. The Morgan fingerprint density at radius 1 is 1.23 bits per heavy atom. The van der Waals surface area contributed by atoms with Crippen molar-refractivity contribution in [3.05, 3.63) is 51.8 Å². The molecule has 1 aliphatic rings. The Kier molecular flexibility index (Phi) is 5.84. The fourth-order valence-electron chi connectivity index (χ4n) is 2.95. The van der Waals surface area contributed by atoms with Crippen LogP contribution in [-0.4, -0.2) is 39.0 Å². The third kappa shape index (κ3) is 4.37. The summed E-state index contributed by atoms with van der Waals surface area (Å²) < 4.78 is 7.19. The summed E-state index contributed by atoms with van der Waals surface area (Å²) in [4.78, 5) is 25.8. The van der Waals surface area contributed by atoms with Gasteiger partial charge in [-0.05, 0) is 42.7 Å². The number of carbonyl (C=O) groups is 2. The number of ether oxygens (including phenoxy) is 1. The maximum absolute atomic E-state index is 12.5. The second-order valence-corrected chi connectivity index (χ2v) is 6.97. The molecule has 138 valence electrons. The highest BCUT2D eigenvalue weighted by molar-refractivity contribution is 6.30. The summed E-state index contributed by atoms with van der Waals surface area (Å²) in [5, 5.41) is 4.89. The predicted octanol–water partition coefficient (Wildman–Crippen LogP) is 3.81. The van der Waals surface area contributed by atoms with Crippen LogP contribution < -0.4 is 0 Å². The zero-order valence-electron chi connectivity index (χ0n) is 14.4. The molecule has 0 saturated heterocycles. The summed E-state index contributed by atoms with van der Waals surface area (Å²) in [7, 11) is 0. The Bertz CT molecular complexity index is 815. The van der Waals surface area contributed by atoms with Gasteiger partial charge in [0, 0.05) is 18.1 Å². The third-order valence-corrected chi connectivity index (χ3v) is 4.60. The minimum Gasteiger partial charge on any atom is -0.445 e. The standard InChI is InChI=1S/C18H19Cl2N3O3/c1-12-5-13(7-14(20)6-12)11-26-18(25)22-3-2-4-23-15(10-22)8-16(21-23)17(24)9-19/h5-8H,2-4,9-11H2,1H3. The van der Waals surface area contributed by atoms with Gasteiger partial charge in [0.05, 0.1) is 18.1 Å². The lowest BCUT2D eigenvalue weighted by Gasteiger charge is -2.19. The van der Waals surface area contributed by atoms with Gasteiger partial charge in [-0.2, -0.15) is 5.10 Å². The SMILES string of the molecule is Cc1cc(Cl)cc(COC(=O)N2CCCn3nc(C(=O)CCl)cc3C2)c1. The maximum Gasteiger partial charge on any atom is 0.410 e. The fraction of sp³-hybridized carbons (Fsp3) is 0.389. The number of ketones is 1. The van der Waals surface area contributed by atoms with E-state index in [-0.39, 0.29) is 18.3 Å². The number of aryl methyl sites for hydroxylation is 2. The molecule has 0 bridgehead atoms. The highest BCUT2D eigenvalue weighted by Crippen LogP contribution is 2.18. The number of hydrogen-bond donors (Lipinski definition) is 0. The van der Waals surface area contributed by atoms with Gasteiger partial charge in [0.1, 0.15) is 12.3 Å². The van der Waals surface area contributed by atoms with Crippen LogP contribution in [-0.2, 0) is 24.4 Å². The minimum absolute atomic E-state index is 0.110. The molecule has 3 rings (SSSR count). The summed E-state index contributed by atoms with van der Waals surface area (Å²) in [6.45, 7) is 3.65. The highest BCUT2D eigenvalue weighted by Gasteiger charge is 2.23. The van der Waals surface area contributed by atoms with Crippen LogP contribution in [0.3, 0.4) is 0 Å². The molecule has 26 heavy (non-hydrogen) atoms. The van der Waals surface area contributed by atoms with Gasteiger partial charge in [0.2, 0.25) is 0 Å². The third-order valence-electron chi connectivity index (χ3n) is 4.14. The van der Waals surface area contributed by atoms with Gasteiger partial charge >= 0.3 is 6.09 Å². The summed E-state index contributed by atoms with van der Waals surface area (Å²) in [5.41, 5.74) is 2.99. The number of benzene rings is 1. The van der Waals surface area contributed by atoms with Gasteiger partial charge in [-0.3, -0.25) is 9.48 Å². The molecule has 1 amide bonds. The van der Waals surface area contributed by atoms with Gasteiger partial charge in [0.25, 0.3) is 0 Å². The molecular weight excluding hydrogens is 377 g/mol. The van der Waals surface area contributed by atoms with E-state index in [1.165, 1.54) is 0 Å². The molecule has 2 heterocycles. The topological polar surface area (TPSA) is 64.4 Å². The van der Waals surface area contributed by atoms with Crippen molar-refractivity contribution >= 4 is 35.1 Å². The van der Waals surface area contributed by atoms with Crippen LogP contribution in [0.1, 0.15) is 33.7 Å². The number of aromatic nitrogens is 2. The zero-order chi connectivity index (χ0) is 18.7. The number of fused-ring (bicyclic) bond motifs is 1. The van der Waals surface area contributed by atoms with Crippen LogP contribution in [0.25, 0.3) is 0 Å². The molecule has 0 atom stereocenters. The van der Waals surface area contributed by atoms with Gasteiger partial charge in [0.15, 0.2) is 5.78 Å². The maximum atomic E-state index is 12.5. The van der Waals surface area contributed by atoms with E-state index in [4.69, 9.17) is 27.9 Å². The van der Waals surface area contributed by atoms with Crippen molar-refractivity contribution in [1.29, 1.82) is 0 Å². The Labute approximate surface area is 161 Å². The van der Waals surface area contributed by atoms with Crippen molar-refractivity contribution in [2.24, 2.45) is 0 Å². The van der Waals surface area contributed by atoms with Crippen molar-refractivity contribution in [3.8, 4) is 0 Å². The van der Waals surface area contributed by atoms with E-state index in [0.717, 1.165) is 23.2 Å². The molecule has 1 aromatic heterocycles. The molecule has 0 N–H and O–H groups in total. The highest BCUT2D eigenvalue weighted by atomic mass is 35.5. The first kappa shape index (κ1) is 18.7. The molecule has 6 nitrogen and oxygen atoms in total. The van der Waals surface area contributed by atoms with E-state index in [1.54, 1.807) is 21.7 Å². The van der Waals surface area contributed by atoms with Gasteiger partial charge in [-0.15, -0.1) is 11.6 Å². The van der Waals surface area contributed by atoms with Crippen LogP contribution >= 0.6 is 23.2 Å². The number of rotatable bonds is 4. The van der Waals surface area contributed by atoms with Crippen molar-refractivity contribution in [2.45, 2.75) is 33.0 Å². The molecule has 0 radical (unpaired) electrons. The number of carbonyl (C=O) groups excluding carboxylic acids is 2. The quantitative estimate of drug-likeness (QED) is 0.583. The molecule has 8 heteroatoms. The molecule has 0 aliphatic carbocycles. The van der Waals surface area contributed by atoms with Gasteiger partial charge in [-0.1, -0.05) is 17.7 Å². The molecule has 2 aromatic rings. The molecule has 0 spiro atoms. The molecule has 0 fully saturated rings. The van der Waals surface area contributed by atoms with Crippen molar-refractivity contribution in [3.63, 3.8) is 0 Å². The van der Waals surface area contributed by atoms with Crippen LogP contribution in [0.5, 0.6) is 0 Å². The Morgan fingerprint density at radius 3 is 2.77 bits per heavy atom. The number of nitrogens with zero attached hydrogens (tertiary/aromatic N) is 3. The Hall–Kier alpha value is -2.05. The average molecular weight is 396 g/mol. The normalized spacial score (nSPS) is 13.9. The second-order valence-electron chi connectivity index (χ2n) is 6.27. The molecule has 1 aromatic carbocycles. The van der Waals surface area contributed by atoms with E-state index < -0.39 is 6.09 Å². The van der Waals surface area contributed by atoms with Gasteiger partial charge < -0.3 is 9.64 Å². The largest absolute Gasteiger partial charge is 0.445 e. The zero-order valence-corrected chi connectivity index (χ0v) is 15.9. The van der Waals surface area contributed by atoms with E-state index in [1.807, 2.05) is 19.1 Å². The second kappa shape index (κ2) is 8.10. The monoisotopic (exact) mass is 395 g/mol. The Morgan fingerprint density at radius 2 is 2.04 bits per heavy atom. The number of Topliss-reactive ketones (excluding diaryl/α,β-unsaturated/α-hetero) is 1. The van der Waals surface area contributed by atoms with Crippen molar-refractivity contribution in [2.75, 3.05) is 12.4 Å². The molecule has 1 aliphatic heterocycles. The van der Waals surface area contributed by atoms with Gasteiger partial charge in [-0.25, -0.2) is 4.79 Å². The number of hydrogen-bond acceptors (Lipinski definition) is 4. The predicted molar refractivity (Wildman–Crippen MR) is 98.7 cm³/mol. The first-order valence-electron chi connectivity index (χ1n) is 8.30. The van der Waals surface area contributed by atoms with E-state index >= 15 is 0 Å². The van der Waals surface area contributed by atoms with Crippen LogP contribution in [0, 0.1) is 6.92 Å². The molecule has 0 unspecified atom stereocenters. The fourth-order valence-corrected chi connectivity index (χ4v) is 3.40.